The monoisotopic (exact) mass is 463 g/mol. The third-order valence-corrected chi connectivity index (χ3v) is 3.28. The van der Waals surface area contributed by atoms with Crippen molar-refractivity contribution in [3.05, 3.63) is 65.7 Å². The van der Waals surface area contributed by atoms with Gasteiger partial charge in [-0.2, -0.15) is 13.2 Å². The molecule has 0 aliphatic carbocycles. The standard InChI is InChI=1S/C18H20F3N3.HI/c1-14-7-9-15(10-8-14)13-23-17(22-12-11-18(19,20)21)24-16-5-3-2-4-6-16;/h2-10H,11-13H2,1H3,(H2,22,23,24);1H. The molecule has 0 aromatic heterocycles. The number of nitrogens with zero attached hydrogens (tertiary/aromatic N) is 1. The van der Waals surface area contributed by atoms with Crippen molar-refractivity contribution >= 4 is 35.6 Å². The summed E-state index contributed by atoms with van der Waals surface area (Å²) in [4.78, 5) is 4.37. The molecule has 3 nitrogen and oxygen atoms in total. The first-order valence-electron chi connectivity index (χ1n) is 7.65. The lowest BCUT2D eigenvalue weighted by Gasteiger charge is -2.13. The molecule has 0 radical (unpaired) electrons. The van der Waals surface area contributed by atoms with Crippen LogP contribution in [0.1, 0.15) is 17.5 Å². The number of hydrogen-bond acceptors (Lipinski definition) is 1. The van der Waals surface area contributed by atoms with Crippen LogP contribution >= 0.6 is 24.0 Å². The SMILES string of the molecule is Cc1ccc(CN=C(NCCC(F)(F)F)Nc2ccccc2)cc1.I. The van der Waals surface area contributed by atoms with Gasteiger partial charge in [-0.05, 0) is 24.6 Å². The lowest BCUT2D eigenvalue weighted by molar-refractivity contribution is -0.132. The molecule has 2 rings (SSSR count). The number of anilines is 1. The maximum atomic E-state index is 12.3. The molecule has 2 N–H and O–H groups in total. The van der Waals surface area contributed by atoms with E-state index in [-0.39, 0.29) is 30.5 Å². The summed E-state index contributed by atoms with van der Waals surface area (Å²) in [6.07, 6.45) is -5.10. The number of alkyl halides is 3. The number of para-hydroxylation sites is 1. The van der Waals surface area contributed by atoms with Gasteiger partial charge in [0.25, 0.3) is 0 Å². The second kappa shape index (κ2) is 10.3. The smallest absolute Gasteiger partial charge is 0.356 e. The second-order valence-electron chi connectivity index (χ2n) is 5.43. The van der Waals surface area contributed by atoms with Gasteiger partial charge < -0.3 is 10.6 Å². The third kappa shape index (κ3) is 8.76. The van der Waals surface area contributed by atoms with Crippen molar-refractivity contribution in [3.63, 3.8) is 0 Å². The second-order valence-corrected chi connectivity index (χ2v) is 5.43. The lowest BCUT2D eigenvalue weighted by Crippen LogP contribution is -2.33. The first kappa shape index (κ1) is 21.3. The van der Waals surface area contributed by atoms with Crippen LogP contribution in [0.5, 0.6) is 0 Å². The number of benzene rings is 2. The largest absolute Gasteiger partial charge is 0.390 e. The average Bonchev–Trinajstić information content (AvgIpc) is 2.54. The van der Waals surface area contributed by atoms with Crippen LogP contribution in [0.25, 0.3) is 0 Å². The van der Waals surface area contributed by atoms with Crippen LogP contribution < -0.4 is 10.6 Å². The number of aryl methyl sites for hydroxylation is 1. The van der Waals surface area contributed by atoms with Crippen molar-refractivity contribution in [2.24, 2.45) is 4.99 Å². The van der Waals surface area contributed by atoms with Crippen LogP contribution in [0, 0.1) is 6.92 Å². The van der Waals surface area contributed by atoms with Crippen molar-refractivity contribution in [1.29, 1.82) is 0 Å². The van der Waals surface area contributed by atoms with Gasteiger partial charge in [0.1, 0.15) is 0 Å². The van der Waals surface area contributed by atoms with E-state index in [2.05, 4.69) is 15.6 Å². The van der Waals surface area contributed by atoms with Crippen molar-refractivity contribution in [3.8, 4) is 0 Å². The zero-order chi connectivity index (χ0) is 17.4. The molecule has 0 saturated carbocycles. The molecule has 0 amide bonds. The minimum atomic E-state index is -4.19. The Balaban J connectivity index is 0.00000312. The zero-order valence-electron chi connectivity index (χ0n) is 13.8. The molecule has 0 atom stereocenters. The minimum Gasteiger partial charge on any atom is -0.356 e. The molecule has 0 bridgehead atoms. The Labute approximate surface area is 162 Å². The molecular formula is C18H21F3IN3. The van der Waals surface area contributed by atoms with Crippen molar-refractivity contribution < 1.29 is 13.2 Å². The molecule has 2 aromatic carbocycles. The van der Waals surface area contributed by atoms with E-state index < -0.39 is 12.6 Å². The summed E-state index contributed by atoms with van der Waals surface area (Å²) in [6.45, 7) is 2.15. The van der Waals surface area contributed by atoms with E-state index >= 15 is 0 Å². The fourth-order valence-corrected chi connectivity index (χ4v) is 1.98. The van der Waals surface area contributed by atoms with Crippen LogP contribution in [-0.4, -0.2) is 18.7 Å². The van der Waals surface area contributed by atoms with E-state index in [0.717, 1.165) is 16.8 Å². The van der Waals surface area contributed by atoms with E-state index in [1.165, 1.54) is 0 Å². The summed E-state index contributed by atoms with van der Waals surface area (Å²) in [5.74, 6) is 0.325. The highest BCUT2D eigenvalue weighted by Gasteiger charge is 2.26. The summed E-state index contributed by atoms with van der Waals surface area (Å²) in [6, 6.07) is 17.1. The van der Waals surface area contributed by atoms with E-state index in [0.29, 0.717) is 12.5 Å². The van der Waals surface area contributed by atoms with E-state index in [4.69, 9.17) is 0 Å². The fraction of sp³-hybridized carbons (Fsp3) is 0.278. The van der Waals surface area contributed by atoms with Crippen LogP contribution in [0.2, 0.25) is 0 Å². The summed E-state index contributed by atoms with van der Waals surface area (Å²) in [7, 11) is 0. The third-order valence-electron chi connectivity index (χ3n) is 3.28. The number of guanidine groups is 1. The highest BCUT2D eigenvalue weighted by molar-refractivity contribution is 14.0. The first-order valence-corrected chi connectivity index (χ1v) is 7.65. The number of halogens is 4. The first-order chi connectivity index (χ1) is 11.4. The van der Waals surface area contributed by atoms with Crippen LogP contribution in [0.15, 0.2) is 59.6 Å². The quantitative estimate of drug-likeness (QED) is 0.367. The molecule has 0 saturated heterocycles. The molecule has 0 unspecified atom stereocenters. The number of aliphatic imine (C=N–C) groups is 1. The summed E-state index contributed by atoms with van der Waals surface area (Å²) in [5, 5.41) is 5.74. The van der Waals surface area contributed by atoms with Gasteiger partial charge in [-0.1, -0.05) is 48.0 Å². The Bertz CT molecular complexity index is 656. The van der Waals surface area contributed by atoms with Crippen LogP contribution in [0.4, 0.5) is 18.9 Å². The minimum absolute atomic E-state index is 0. The predicted octanol–water partition coefficient (Wildman–Crippen LogP) is 5.12. The number of rotatable bonds is 5. The highest BCUT2D eigenvalue weighted by Crippen LogP contribution is 2.18. The predicted molar refractivity (Wildman–Crippen MR) is 106 cm³/mol. The van der Waals surface area contributed by atoms with E-state index in [1.807, 2.05) is 61.5 Å². The lowest BCUT2D eigenvalue weighted by atomic mass is 10.1. The Morgan fingerprint density at radius 1 is 1.00 bits per heavy atom. The van der Waals surface area contributed by atoms with Gasteiger partial charge in [-0.15, -0.1) is 24.0 Å². The number of hydrogen-bond donors (Lipinski definition) is 2. The maximum Gasteiger partial charge on any atom is 0.390 e. The fourth-order valence-electron chi connectivity index (χ4n) is 1.98. The maximum absolute atomic E-state index is 12.3. The van der Waals surface area contributed by atoms with Gasteiger partial charge in [0.05, 0.1) is 13.0 Å². The highest BCUT2D eigenvalue weighted by atomic mass is 127. The van der Waals surface area contributed by atoms with Crippen molar-refractivity contribution in [2.75, 3.05) is 11.9 Å². The molecule has 0 fully saturated rings. The average molecular weight is 463 g/mol. The zero-order valence-corrected chi connectivity index (χ0v) is 16.1. The summed E-state index contributed by atoms with van der Waals surface area (Å²) >= 11 is 0. The van der Waals surface area contributed by atoms with Crippen molar-refractivity contribution in [1.82, 2.24) is 5.32 Å². The summed E-state index contributed by atoms with van der Waals surface area (Å²) in [5.41, 5.74) is 2.90. The molecule has 2 aromatic rings. The molecular weight excluding hydrogens is 442 g/mol. The van der Waals surface area contributed by atoms with Gasteiger partial charge in [0.2, 0.25) is 0 Å². The van der Waals surface area contributed by atoms with E-state index in [1.54, 1.807) is 0 Å². The van der Waals surface area contributed by atoms with Crippen LogP contribution in [-0.2, 0) is 6.54 Å². The Morgan fingerprint density at radius 3 is 2.24 bits per heavy atom. The van der Waals surface area contributed by atoms with Crippen LogP contribution in [0.3, 0.4) is 0 Å². The van der Waals surface area contributed by atoms with Gasteiger partial charge in [0, 0.05) is 12.2 Å². The normalized spacial score (nSPS) is 11.6. The molecule has 136 valence electrons. The molecule has 0 aliphatic heterocycles. The van der Waals surface area contributed by atoms with Gasteiger partial charge >= 0.3 is 6.18 Å². The van der Waals surface area contributed by atoms with Crippen molar-refractivity contribution in [2.45, 2.75) is 26.1 Å². The Kier molecular flexibility index (Phi) is 8.74. The summed E-state index contributed by atoms with van der Waals surface area (Å²) < 4.78 is 37.0. The van der Waals surface area contributed by atoms with Gasteiger partial charge in [-0.25, -0.2) is 4.99 Å². The molecule has 7 heteroatoms. The Hall–Kier alpha value is -1.77. The van der Waals surface area contributed by atoms with E-state index in [9.17, 15) is 13.2 Å². The Morgan fingerprint density at radius 2 is 1.64 bits per heavy atom. The molecule has 0 heterocycles. The van der Waals surface area contributed by atoms with Gasteiger partial charge in [0.15, 0.2) is 5.96 Å². The molecule has 0 aliphatic rings. The molecule has 25 heavy (non-hydrogen) atoms. The van der Waals surface area contributed by atoms with Gasteiger partial charge in [-0.3, -0.25) is 0 Å². The molecule has 0 spiro atoms. The number of nitrogens with one attached hydrogen (secondary N) is 2. The topological polar surface area (TPSA) is 36.4 Å².